The molecular formula is C17H20N2O4. The van der Waals surface area contributed by atoms with E-state index in [1.54, 1.807) is 7.11 Å². The number of carbonyl (C=O) groups excluding carboxylic acids is 3. The first kappa shape index (κ1) is 16.7. The summed E-state index contributed by atoms with van der Waals surface area (Å²) in [5, 5.41) is 2.69. The number of methoxy groups -OCH3 is 1. The van der Waals surface area contributed by atoms with Gasteiger partial charge in [0.05, 0.1) is 7.11 Å². The number of benzene rings is 1. The Morgan fingerprint density at radius 2 is 1.91 bits per heavy atom. The first-order valence-corrected chi connectivity index (χ1v) is 7.45. The second-order valence-electron chi connectivity index (χ2n) is 5.26. The van der Waals surface area contributed by atoms with Crippen LogP contribution in [0.4, 0.5) is 0 Å². The molecule has 0 aromatic heterocycles. The highest BCUT2D eigenvalue weighted by atomic mass is 16.5. The van der Waals surface area contributed by atoms with Gasteiger partial charge in [0.15, 0.2) is 0 Å². The molecule has 3 amide bonds. The van der Waals surface area contributed by atoms with E-state index < -0.39 is 0 Å². The fraction of sp³-hybridized carbons (Fsp3) is 0.353. The number of likely N-dealkylation sites (tertiary alicyclic amines) is 1. The van der Waals surface area contributed by atoms with Crippen LogP contribution in [0, 0.1) is 0 Å². The molecule has 0 bridgehead atoms. The minimum Gasteiger partial charge on any atom is -0.496 e. The molecule has 23 heavy (non-hydrogen) atoms. The molecule has 6 nitrogen and oxygen atoms in total. The first-order valence-electron chi connectivity index (χ1n) is 7.45. The number of hydrogen-bond acceptors (Lipinski definition) is 4. The fourth-order valence-corrected chi connectivity index (χ4v) is 2.46. The quantitative estimate of drug-likeness (QED) is 0.635. The van der Waals surface area contributed by atoms with Crippen molar-refractivity contribution in [2.75, 3.05) is 20.2 Å². The van der Waals surface area contributed by atoms with Crippen molar-refractivity contribution >= 4 is 23.3 Å². The molecule has 1 fully saturated rings. The van der Waals surface area contributed by atoms with Gasteiger partial charge in [-0.1, -0.05) is 18.2 Å². The second-order valence-corrected chi connectivity index (χ2v) is 5.26. The van der Waals surface area contributed by atoms with Crippen LogP contribution in [0.2, 0.25) is 0 Å². The Balaban J connectivity index is 1.91. The molecule has 122 valence electrons. The highest BCUT2D eigenvalue weighted by Crippen LogP contribution is 2.24. The van der Waals surface area contributed by atoms with Gasteiger partial charge in [0.2, 0.25) is 17.7 Å². The average molecular weight is 316 g/mol. The summed E-state index contributed by atoms with van der Waals surface area (Å²) in [6.07, 6.45) is 2.00. The lowest BCUT2D eigenvalue weighted by Crippen LogP contribution is -2.37. The Bertz CT molecular complexity index is 636. The van der Waals surface area contributed by atoms with Crippen LogP contribution in [0.1, 0.15) is 25.3 Å². The van der Waals surface area contributed by atoms with E-state index in [9.17, 15) is 14.4 Å². The van der Waals surface area contributed by atoms with Crippen LogP contribution in [0.3, 0.4) is 0 Å². The maximum Gasteiger partial charge on any atom is 0.244 e. The first-order chi connectivity index (χ1) is 11.0. The van der Waals surface area contributed by atoms with Crippen molar-refractivity contribution in [2.45, 2.75) is 19.8 Å². The molecule has 6 heteroatoms. The van der Waals surface area contributed by atoms with Gasteiger partial charge in [0.25, 0.3) is 0 Å². The monoisotopic (exact) mass is 316 g/mol. The van der Waals surface area contributed by atoms with Gasteiger partial charge >= 0.3 is 0 Å². The zero-order valence-electron chi connectivity index (χ0n) is 13.3. The number of allylic oxidation sites excluding steroid dienone is 1. The summed E-state index contributed by atoms with van der Waals surface area (Å²) in [5.74, 6) is 0.0739. The molecule has 0 aliphatic carbocycles. The number of hydrogen-bond donors (Lipinski definition) is 1. The maximum absolute atomic E-state index is 11.9. The predicted molar refractivity (Wildman–Crippen MR) is 85.6 cm³/mol. The second kappa shape index (κ2) is 7.58. The average Bonchev–Trinajstić information content (AvgIpc) is 2.86. The smallest absolute Gasteiger partial charge is 0.244 e. The van der Waals surface area contributed by atoms with E-state index in [-0.39, 0.29) is 43.7 Å². The maximum atomic E-state index is 11.9. The SMILES string of the molecule is COc1ccccc1/C(C)=C/C(=O)NCCN1C(=O)CCC1=O. The molecule has 1 heterocycles. The van der Waals surface area contributed by atoms with E-state index in [1.165, 1.54) is 11.0 Å². The summed E-state index contributed by atoms with van der Waals surface area (Å²) < 4.78 is 5.27. The summed E-state index contributed by atoms with van der Waals surface area (Å²) in [6.45, 7) is 2.28. The minimum absolute atomic E-state index is 0.176. The molecule has 1 aromatic carbocycles. The van der Waals surface area contributed by atoms with Crippen LogP contribution in [-0.2, 0) is 14.4 Å². The third kappa shape index (κ3) is 4.18. The van der Waals surface area contributed by atoms with Crippen LogP contribution >= 0.6 is 0 Å². The number of ether oxygens (including phenoxy) is 1. The lowest BCUT2D eigenvalue weighted by molar-refractivity contribution is -0.138. The van der Waals surface area contributed by atoms with Gasteiger partial charge in [0.1, 0.15) is 5.75 Å². The Hall–Kier alpha value is -2.63. The van der Waals surface area contributed by atoms with Crippen LogP contribution in [0.5, 0.6) is 5.75 Å². The van der Waals surface area contributed by atoms with E-state index in [0.717, 1.165) is 11.1 Å². The topological polar surface area (TPSA) is 75.7 Å². The Labute approximate surface area is 135 Å². The van der Waals surface area contributed by atoms with Crippen LogP contribution in [0.25, 0.3) is 5.57 Å². The van der Waals surface area contributed by atoms with Gasteiger partial charge in [0, 0.05) is 37.6 Å². The number of carbonyl (C=O) groups is 3. The highest BCUT2D eigenvalue weighted by Gasteiger charge is 2.28. The van der Waals surface area contributed by atoms with Crippen molar-refractivity contribution in [3.63, 3.8) is 0 Å². The number of rotatable bonds is 6. The third-order valence-corrected chi connectivity index (χ3v) is 3.67. The van der Waals surface area contributed by atoms with Gasteiger partial charge in [-0.05, 0) is 18.6 Å². The van der Waals surface area contributed by atoms with Gasteiger partial charge in [-0.25, -0.2) is 0 Å². The van der Waals surface area contributed by atoms with Crippen molar-refractivity contribution in [3.05, 3.63) is 35.9 Å². The predicted octanol–water partition coefficient (Wildman–Crippen LogP) is 1.36. The number of para-hydroxylation sites is 1. The summed E-state index contributed by atoms with van der Waals surface area (Å²) in [7, 11) is 1.58. The van der Waals surface area contributed by atoms with Crippen LogP contribution in [0.15, 0.2) is 30.3 Å². The summed E-state index contributed by atoms with van der Waals surface area (Å²) in [6, 6.07) is 7.44. The molecule has 1 aromatic rings. The van der Waals surface area contributed by atoms with Crippen molar-refractivity contribution in [2.24, 2.45) is 0 Å². The van der Waals surface area contributed by atoms with Crippen LogP contribution in [-0.4, -0.2) is 42.8 Å². The zero-order chi connectivity index (χ0) is 16.8. The molecule has 1 aliphatic heterocycles. The van der Waals surface area contributed by atoms with Crippen molar-refractivity contribution in [1.29, 1.82) is 0 Å². The molecule has 1 aliphatic rings. The van der Waals surface area contributed by atoms with Crippen LogP contribution < -0.4 is 10.1 Å². The zero-order valence-corrected chi connectivity index (χ0v) is 13.3. The van der Waals surface area contributed by atoms with E-state index in [2.05, 4.69) is 5.32 Å². The molecule has 0 atom stereocenters. The standard InChI is InChI=1S/C17H20N2O4/c1-12(13-5-3-4-6-14(13)23-2)11-15(20)18-9-10-19-16(21)7-8-17(19)22/h3-6,11H,7-10H2,1-2H3,(H,18,20)/b12-11+. The molecule has 0 unspecified atom stereocenters. The lowest BCUT2D eigenvalue weighted by atomic mass is 10.1. The molecular weight excluding hydrogens is 296 g/mol. The van der Waals surface area contributed by atoms with Gasteiger partial charge in [-0.2, -0.15) is 0 Å². The molecule has 2 rings (SSSR count). The Morgan fingerprint density at radius 3 is 2.57 bits per heavy atom. The number of nitrogens with zero attached hydrogens (tertiary/aromatic N) is 1. The summed E-state index contributed by atoms with van der Waals surface area (Å²) in [5.41, 5.74) is 1.61. The number of nitrogens with one attached hydrogen (secondary N) is 1. The van der Waals surface area contributed by atoms with Crippen molar-refractivity contribution < 1.29 is 19.1 Å². The molecule has 0 spiro atoms. The lowest BCUT2D eigenvalue weighted by Gasteiger charge is -2.13. The van der Waals surface area contributed by atoms with Crippen molar-refractivity contribution in [3.8, 4) is 5.75 Å². The van der Waals surface area contributed by atoms with E-state index in [0.29, 0.717) is 5.75 Å². The molecule has 1 N–H and O–H groups in total. The Morgan fingerprint density at radius 1 is 1.26 bits per heavy atom. The van der Waals surface area contributed by atoms with E-state index in [4.69, 9.17) is 4.74 Å². The number of imide groups is 1. The largest absolute Gasteiger partial charge is 0.496 e. The normalized spacial score (nSPS) is 15.0. The Kier molecular flexibility index (Phi) is 5.51. The van der Waals surface area contributed by atoms with Gasteiger partial charge in [-0.3, -0.25) is 19.3 Å². The fourth-order valence-electron chi connectivity index (χ4n) is 2.46. The minimum atomic E-state index is -0.271. The molecule has 0 radical (unpaired) electrons. The highest BCUT2D eigenvalue weighted by molar-refractivity contribution is 6.02. The van der Waals surface area contributed by atoms with Crippen molar-refractivity contribution in [1.82, 2.24) is 10.2 Å². The van der Waals surface area contributed by atoms with E-state index in [1.807, 2.05) is 31.2 Å². The summed E-state index contributed by atoms with van der Waals surface area (Å²) in [4.78, 5) is 36.1. The molecule has 1 saturated heterocycles. The van der Waals surface area contributed by atoms with Gasteiger partial charge < -0.3 is 10.1 Å². The molecule has 0 saturated carbocycles. The van der Waals surface area contributed by atoms with E-state index >= 15 is 0 Å². The third-order valence-electron chi connectivity index (χ3n) is 3.67. The number of amides is 3. The summed E-state index contributed by atoms with van der Waals surface area (Å²) >= 11 is 0. The van der Waals surface area contributed by atoms with Gasteiger partial charge in [-0.15, -0.1) is 0 Å².